The maximum absolute atomic E-state index is 10.1. The number of benzene rings is 1. The minimum atomic E-state index is -0.992. The molecular formula is C12H16N2O2. The summed E-state index contributed by atoms with van der Waals surface area (Å²) in [6.07, 6.45) is 3.26. The molecule has 2 rings (SSSR count). The van der Waals surface area contributed by atoms with Crippen molar-refractivity contribution in [1.29, 1.82) is 0 Å². The first-order valence-electron chi connectivity index (χ1n) is 5.15. The Morgan fingerprint density at radius 1 is 1.25 bits per heavy atom. The van der Waals surface area contributed by atoms with Crippen LogP contribution in [0.25, 0.3) is 0 Å². The van der Waals surface area contributed by atoms with Crippen LogP contribution >= 0.6 is 0 Å². The summed E-state index contributed by atoms with van der Waals surface area (Å²) in [4.78, 5) is 10.1. The number of hydrogen-bond acceptors (Lipinski definition) is 2. The van der Waals surface area contributed by atoms with Gasteiger partial charge in [-0.1, -0.05) is 42.5 Å². The number of carbonyl (C=O) groups is 1. The number of nitrogens with one attached hydrogen (secondary N) is 2. The second-order valence-corrected chi connectivity index (χ2v) is 3.27. The van der Waals surface area contributed by atoms with Crippen molar-refractivity contribution in [2.24, 2.45) is 0 Å². The topological polar surface area (TPSA) is 61.4 Å². The van der Waals surface area contributed by atoms with Crippen molar-refractivity contribution in [2.45, 2.75) is 6.54 Å². The van der Waals surface area contributed by atoms with Crippen molar-refractivity contribution < 1.29 is 9.90 Å². The highest BCUT2D eigenvalue weighted by Crippen LogP contribution is 1.96. The molecule has 1 aliphatic heterocycles. The first-order valence-corrected chi connectivity index (χ1v) is 5.15. The Kier molecular flexibility index (Phi) is 5.73. The lowest BCUT2D eigenvalue weighted by Crippen LogP contribution is -2.19. The van der Waals surface area contributed by atoms with E-state index in [1.165, 1.54) is 0 Å². The molecule has 0 fully saturated rings. The SMILES string of the molecule is C1=CCNC1.O=C(O)NCc1ccccc1. The van der Waals surface area contributed by atoms with Gasteiger partial charge in [0.25, 0.3) is 0 Å². The van der Waals surface area contributed by atoms with E-state index in [2.05, 4.69) is 22.8 Å². The quantitative estimate of drug-likeness (QED) is 0.663. The van der Waals surface area contributed by atoms with E-state index in [0.29, 0.717) is 6.54 Å². The highest BCUT2D eigenvalue weighted by Gasteiger charge is 1.93. The van der Waals surface area contributed by atoms with Crippen molar-refractivity contribution in [2.75, 3.05) is 13.1 Å². The maximum atomic E-state index is 10.1. The van der Waals surface area contributed by atoms with Gasteiger partial charge >= 0.3 is 6.09 Å². The minimum Gasteiger partial charge on any atom is -0.465 e. The van der Waals surface area contributed by atoms with Crippen molar-refractivity contribution >= 4 is 6.09 Å². The number of rotatable bonds is 2. The average molecular weight is 220 g/mol. The zero-order valence-corrected chi connectivity index (χ0v) is 9.02. The van der Waals surface area contributed by atoms with Gasteiger partial charge in [0.05, 0.1) is 0 Å². The monoisotopic (exact) mass is 220 g/mol. The van der Waals surface area contributed by atoms with Crippen LogP contribution in [0.3, 0.4) is 0 Å². The third kappa shape index (κ3) is 5.82. The van der Waals surface area contributed by atoms with Crippen LogP contribution < -0.4 is 10.6 Å². The third-order valence-electron chi connectivity index (χ3n) is 1.98. The molecule has 1 aromatic carbocycles. The number of carboxylic acid groups (broad SMARTS) is 1. The second-order valence-electron chi connectivity index (χ2n) is 3.27. The summed E-state index contributed by atoms with van der Waals surface area (Å²) in [5.41, 5.74) is 0.968. The lowest BCUT2D eigenvalue weighted by Gasteiger charge is -1.98. The van der Waals surface area contributed by atoms with Crippen LogP contribution in [0.2, 0.25) is 0 Å². The van der Waals surface area contributed by atoms with E-state index in [4.69, 9.17) is 5.11 Å². The van der Waals surface area contributed by atoms with Gasteiger partial charge in [-0.2, -0.15) is 0 Å². The Bertz CT molecular complexity index is 330. The molecule has 0 atom stereocenters. The Hall–Kier alpha value is -1.81. The average Bonchev–Trinajstić information content (AvgIpc) is 2.86. The van der Waals surface area contributed by atoms with Crippen LogP contribution in [0, 0.1) is 0 Å². The molecule has 1 aromatic rings. The van der Waals surface area contributed by atoms with Crippen LogP contribution in [-0.2, 0) is 6.54 Å². The Morgan fingerprint density at radius 3 is 2.31 bits per heavy atom. The lowest BCUT2D eigenvalue weighted by molar-refractivity contribution is 0.194. The van der Waals surface area contributed by atoms with Crippen LogP contribution in [0.5, 0.6) is 0 Å². The molecule has 0 saturated heterocycles. The number of amides is 1. The highest BCUT2D eigenvalue weighted by atomic mass is 16.4. The fraction of sp³-hybridized carbons (Fsp3) is 0.250. The predicted molar refractivity (Wildman–Crippen MR) is 63.3 cm³/mol. The summed E-state index contributed by atoms with van der Waals surface area (Å²) in [5, 5.41) is 13.7. The van der Waals surface area contributed by atoms with Crippen LogP contribution in [0.4, 0.5) is 4.79 Å². The standard InChI is InChI=1S/C8H9NO2.C4H7N/c10-8(11)9-6-7-4-2-1-3-5-7;1-2-4-5-3-1/h1-5,9H,6H2,(H,10,11);1-2,5H,3-4H2. The normalized spacial score (nSPS) is 12.8. The van der Waals surface area contributed by atoms with Gasteiger partial charge in [-0.05, 0) is 5.56 Å². The molecule has 0 aromatic heterocycles. The van der Waals surface area contributed by atoms with Gasteiger partial charge in [0, 0.05) is 19.6 Å². The first-order chi connectivity index (χ1) is 7.79. The van der Waals surface area contributed by atoms with Gasteiger partial charge < -0.3 is 15.7 Å². The van der Waals surface area contributed by atoms with E-state index in [1.807, 2.05) is 30.3 Å². The van der Waals surface area contributed by atoms with E-state index in [0.717, 1.165) is 18.7 Å². The minimum absolute atomic E-state index is 0.371. The molecular weight excluding hydrogens is 204 g/mol. The molecule has 4 nitrogen and oxygen atoms in total. The van der Waals surface area contributed by atoms with E-state index in [9.17, 15) is 4.79 Å². The molecule has 0 bridgehead atoms. The molecule has 0 aliphatic carbocycles. The molecule has 1 aliphatic rings. The van der Waals surface area contributed by atoms with E-state index in [1.54, 1.807) is 0 Å². The summed E-state index contributed by atoms with van der Waals surface area (Å²) < 4.78 is 0. The zero-order chi connectivity index (χ0) is 11.6. The molecule has 0 unspecified atom stereocenters. The van der Waals surface area contributed by atoms with Gasteiger partial charge in [-0.3, -0.25) is 0 Å². The van der Waals surface area contributed by atoms with Gasteiger partial charge in [0.15, 0.2) is 0 Å². The first kappa shape index (κ1) is 12.3. The Labute approximate surface area is 95.0 Å². The smallest absolute Gasteiger partial charge is 0.404 e. The van der Waals surface area contributed by atoms with Gasteiger partial charge in [0.2, 0.25) is 0 Å². The molecule has 4 heteroatoms. The van der Waals surface area contributed by atoms with Gasteiger partial charge in [0.1, 0.15) is 0 Å². The molecule has 0 spiro atoms. The summed E-state index contributed by atoms with van der Waals surface area (Å²) in [6, 6.07) is 9.38. The molecule has 3 N–H and O–H groups in total. The summed E-state index contributed by atoms with van der Waals surface area (Å²) in [6.45, 7) is 2.51. The van der Waals surface area contributed by atoms with E-state index < -0.39 is 6.09 Å². The molecule has 1 amide bonds. The van der Waals surface area contributed by atoms with Crippen LogP contribution in [-0.4, -0.2) is 24.3 Å². The fourth-order valence-electron chi connectivity index (χ4n) is 1.19. The predicted octanol–water partition coefficient (Wildman–Crippen LogP) is 1.60. The zero-order valence-electron chi connectivity index (χ0n) is 9.02. The van der Waals surface area contributed by atoms with Crippen LogP contribution in [0.15, 0.2) is 42.5 Å². The Balaban J connectivity index is 0.000000212. The summed E-state index contributed by atoms with van der Waals surface area (Å²) in [5.74, 6) is 0. The molecule has 1 heterocycles. The van der Waals surface area contributed by atoms with Crippen molar-refractivity contribution in [3.05, 3.63) is 48.0 Å². The third-order valence-corrected chi connectivity index (χ3v) is 1.98. The van der Waals surface area contributed by atoms with E-state index >= 15 is 0 Å². The Morgan fingerprint density at radius 2 is 1.88 bits per heavy atom. The maximum Gasteiger partial charge on any atom is 0.404 e. The molecule has 86 valence electrons. The highest BCUT2D eigenvalue weighted by molar-refractivity contribution is 5.64. The summed E-state index contributed by atoms with van der Waals surface area (Å²) in [7, 11) is 0. The molecule has 0 saturated carbocycles. The van der Waals surface area contributed by atoms with Gasteiger partial charge in [-0.15, -0.1) is 0 Å². The van der Waals surface area contributed by atoms with E-state index in [-0.39, 0.29) is 0 Å². The second kappa shape index (κ2) is 7.48. The van der Waals surface area contributed by atoms with Crippen molar-refractivity contribution in [1.82, 2.24) is 10.6 Å². The summed E-state index contributed by atoms with van der Waals surface area (Å²) >= 11 is 0. The van der Waals surface area contributed by atoms with Crippen LogP contribution in [0.1, 0.15) is 5.56 Å². The molecule has 16 heavy (non-hydrogen) atoms. The fourth-order valence-corrected chi connectivity index (χ4v) is 1.19. The van der Waals surface area contributed by atoms with Crippen molar-refractivity contribution in [3.63, 3.8) is 0 Å². The number of hydrogen-bond donors (Lipinski definition) is 3. The molecule has 0 radical (unpaired) electrons. The van der Waals surface area contributed by atoms with Gasteiger partial charge in [-0.25, -0.2) is 4.79 Å². The van der Waals surface area contributed by atoms with Crippen molar-refractivity contribution in [3.8, 4) is 0 Å². The largest absolute Gasteiger partial charge is 0.465 e. The lowest BCUT2D eigenvalue weighted by atomic mass is 10.2.